The van der Waals surface area contributed by atoms with Crippen LogP contribution in [-0.2, 0) is 4.79 Å². The molecule has 0 saturated carbocycles. The molecule has 0 atom stereocenters. The van der Waals surface area contributed by atoms with Crippen LogP contribution in [0.15, 0.2) is 50.4 Å². The van der Waals surface area contributed by atoms with Crippen molar-refractivity contribution in [1.82, 2.24) is 5.43 Å². The summed E-state index contributed by atoms with van der Waals surface area (Å²) in [6.45, 7) is 1.80. The maximum atomic E-state index is 11.7. The van der Waals surface area contributed by atoms with Gasteiger partial charge in [0, 0.05) is 0 Å². The van der Waals surface area contributed by atoms with Crippen molar-refractivity contribution in [2.24, 2.45) is 5.10 Å². The van der Waals surface area contributed by atoms with Crippen molar-refractivity contribution >= 4 is 44.0 Å². The van der Waals surface area contributed by atoms with E-state index >= 15 is 0 Å². The SMILES string of the molecule is Cc1cc(Br)c(OCC(=O)N/N=C/c2ccc(O)cc2)c(Br)c1. The van der Waals surface area contributed by atoms with E-state index in [0.29, 0.717) is 5.75 Å². The Labute approximate surface area is 150 Å². The Morgan fingerprint density at radius 1 is 1.26 bits per heavy atom. The molecule has 2 N–H and O–H groups in total. The smallest absolute Gasteiger partial charge is 0.277 e. The van der Waals surface area contributed by atoms with Crippen molar-refractivity contribution in [2.45, 2.75) is 6.92 Å². The molecule has 0 spiro atoms. The van der Waals surface area contributed by atoms with Gasteiger partial charge in [0.25, 0.3) is 5.91 Å². The lowest BCUT2D eigenvalue weighted by Crippen LogP contribution is -2.24. The number of nitrogens with zero attached hydrogens (tertiary/aromatic N) is 1. The van der Waals surface area contributed by atoms with Gasteiger partial charge in [0.15, 0.2) is 6.61 Å². The number of phenols is 1. The number of ether oxygens (including phenoxy) is 1. The number of phenolic OH excluding ortho intramolecular Hbond substituents is 1. The fourth-order valence-corrected chi connectivity index (χ4v) is 3.38. The van der Waals surface area contributed by atoms with E-state index in [1.54, 1.807) is 24.3 Å². The molecule has 0 aliphatic heterocycles. The monoisotopic (exact) mass is 440 g/mol. The number of nitrogens with one attached hydrogen (secondary N) is 1. The van der Waals surface area contributed by atoms with Gasteiger partial charge in [-0.15, -0.1) is 0 Å². The lowest BCUT2D eigenvalue weighted by Gasteiger charge is -2.10. The molecule has 1 amide bonds. The Morgan fingerprint density at radius 3 is 2.48 bits per heavy atom. The number of carbonyl (C=O) groups is 1. The summed E-state index contributed by atoms with van der Waals surface area (Å²) in [5, 5.41) is 13.0. The highest BCUT2D eigenvalue weighted by atomic mass is 79.9. The average molecular weight is 442 g/mol. The molecular weight excluding hydrogens is 428 g/mol. The molecule has 7 heteroatoms. The summed E-state index contributed by atoms with van der Waals surface area (Å²) < 4.78 is 7.03. The Balaban J connectivity index is 1.87. The number of benzene rings is 2. The van der Waals surface area contributed by atoms with Gasteiger partial charge < -0.3 is 9.84 Å². The van der Waals surface area contributed by atoms with Crippen LogP contribution < -0.4 is 10.2 Å². The first-order valence-electron chi connectivity index (χ1n) is 6.65. The first-order chi connectivity index (χ1) is 11.0. The third-order valence-electron chi connectivity index (χ3n) is 2.79. The fraction of sp³-hybridized carbons (Fsp3) is 0.125. The minimum Gasteiger partial charge on any atom is -0.508 e. The molecule has 2 aromatic carbocycles. The largest absolute Gasteiger partial charge is 0.508 e. The van der Waals surface area contributed by atoms with Crippen molar-refractivity contribution in [2.75, 3.05) is 6.61 Å². The second kappa shape index (κ2) is 8.12. The van der Waals surface area contributed by atoms with E-state index in [9.17, 15) is 9.90 Å². The number of hydrogen-bond donors (Lipinski definition) is 2. The molecule has 0 fully saturated rings. The van der Waals surface area contributed by atoms with Crippen LogP contribution in [0.25, 0.3) is 0 Å². The van der Waals surface area contributed by atoms with E-state index in [1.165, 1.54) is 6.21 Å². The average Bonchev–Trinajstić information content (AvgIpc) is 2.48. The molecule has 2 aromatic rings. The number of aromatic hydroxyl groups is 1. The van der Waals surface area contributed by atoms with Crippen molar-refractivity contribution in [3.63, 3.8) is 0 Å². The summed E-state index contributed by atoms with van der Waals surface area (Å²) in [7, 11) is 0. The van der Waals surface area contributed by atoms with E-state index in [-0.39, 0.29) is 18.3 Å². The summed E-state index contributed by atoms with van der Waals surface area (Å²) in [6.07, 6.45) is 1.48. The Bertz CT molecular complexity index is 708. The van der Waals surface area contributed by atoms with Gasteiger partial charge >= 0.3 is 0 Å². The lowest BCUT2D eigenvalue weighted by molar-refractivity contribution is -0.123. The standard InChI is InChI=1S/C16H14Br2N2O3/c1-10-6-13(17)16(14(18)7-10)23-9-15(22)20-19-8-11-2-4-12(21)5-3-11/h2-8,21H,9H2,1H3,(H,20,22)/b19-8+. The molecular formula is C16H14Br2N2O3. The summed E-state index contributed by atoms with van der Waals surface area (Å²) in [5.74, 6) is 0.363. The summed E-state index contributed by atoms with van der Waals surface area (Å²) in [6, 6.07) is 10.3. The maximum absolute atomic E-state index is 11.7. The van der Waals surface area contributed by atoms with Crippen LogP contribution in [0.4, 0.5) is 0 Å². The van der Waals surface area contributed by atoms with Crippen LogP contribution in [0.1, 0.15) is 11.1 Å². The molecule has 0 aliphatic carbocycles. The number of halogens is 2. The van der Waals surface area contributed by atoms with Gasteiger partial charge in [0.2, 0.25) is 0 Å². The Hall–Kier alpha value is -1.86. The van der Waals surface area contributed by atoms with Crippen LogP contribution >= 0.6 is 31.9 Å². The van der Waals surface area contributed by atoms with E-state index in [1.807, 2.05) is 19.1 Å². The number of carbonyl (C=O) groups excluding carboxylic acids is 1. The highest BCUT2D eigenvalue weighted by Crippen LogP contribution is 2.34. The van der Waals surface area contributed by atoms with Gasteiger partial charge in [-0.2, -0.15) is 5.10 Å². The molecule has 0 heterocycles. The fourth-order valence-electron chi connectivity index (χ4n) is 1.73. The zero-order chi connectivity index (χ0) is 16.8. The molecule has 2 rings (SSSR count). The predicted octanol–water partition coefficient (Wildman–Crippen LogP) is 3.75. The van der Waals surface area contributed by atoms with Crippen LogP contribution in [0.5, 0.6) is 11.5 Å². The molecule has 5 nitrogen and oxygen atoms in total. The van der Waals surface area contributed by atoms with E-state index in [4.69, 9.17) is 4.74 Å². The predicted molar refractivity (Wildman–Crippen MR) is 95.9 cm³/mol. The number of hydrogen-bond acceptors (Lipinski definition) is 4. The van der Waals surface area contributed by atoms with E-state index in [2.05, 4.69) is 42.4 Å². The van der Waals surface area contributed by atoms with Gasteiger partial charge in [-0.05, 0) is 86.3 Å². The Morgan fingerprint density at radius 2 is 1.87 bits per heavy atom. The van der Waals surface area contributed by atoms with Crippen molar-refractivity contribution in [1.29, 1.82) is 0 Å². The second-order valence-electron chi connectivity index (χ2n) is 4.73. The maximum Gasteiger partial charge on any atom is 0.277 e. The van der Waals surface area contributed by atoms with Gasteiger partial charge in [-0.25, -0.2) is 5.43 Å². The molecule has 0 radical (unpaired) electrons. The van der Waals surface area contributed by atoms with Crippen LogP contribution in [0.3, 0.4) is 0 Å². The molecule has 0 aromatic heterocycles. The van der Waals surface area contributed by atoms with E-state index < -0.39 is 0 Å². The summed E-state index contributed by atoms with van der Waals surface area (Å²) in [5.41, 5.74) is 4.20. The minimum atomic E-state index is -0.376. The van der Waals surface area contributed by atoms with Crippen LogP contribution in [-0.4, -0.2) is 23.8 Å². The van der Waals surface area contributed by atoms with Gasteiger partial charge in [-0.3, -0.25) is 4.79 Å². The highest BCUT2D eigenvalue weighted by Gasteiger charge is 2.09. The molecule has 23 heavy (non-hydrogen) atoms. The first kappa shape index (κ1) is 17.5. The number of amides is 1. The first-order valence-corrected chi connectivity index (χ1v) is 8.23. The second-order valence-corrected chi connectivity index (χ2v) is 6.44. The molecule has 0 unspecified atom stereocenters. The summed E-state index contributed by atoms with van der Waals surface area (Å²) >= 11 is 6.80. The lowest BCUT2D eigenvalue weighted by atomic mass is 10.2. The molecule has 120 valence electrons. The number of rotatable bonds is 5. The van der Waals surface area contributed by atoms with Crippen molar-refractivity contribution in [3.8, 4) is 11.5 Å². The zero-order valence-corrected chi connectivity index (χ0v) is 15.4. The van der Waals surface area contributed by atoms with Gasteiger partial charge in [0.1, 0.15) is 11.5 Å². The summed E-state index contributed by atoms with van der Waals surface area (Å²) in [4.78, 5) is 11.7. The molecule has 0 aliphatic rings. The van der Waals surface area contributed by atoms with Crippen LogP contribution in [0.2, 0.25) is 0 Å². The Kier molecular flexibility index (Phi) is 6.18. The molecule has 0 bridgehead atoms. The van der Waals surface area contributed by atoms with Crippen molar-refractivity contribution < 1.29 is 14.6 Å². The van der Waals surface area contributed by atoms with Gasteiger partial charge in [0.05, 0.1) is 15.2 Å². The normalized spacial score (nSPS) is 10.7. The minimum absolute atomic E-state index is 0.160. The van der Waals surface area contributed by atoms with Crippen molar-refractivity contribution in [3.05, 3.63) is 56.5 Å². The van der Waals surface area contributed by atoms with E-state index in [0.717, 1.165) is 20.1 Å². The number of aryl methyl sites for hydroxylation is 1. The highest BCUT2D eigenvalue weighted by molar-refractivity contribution is 9.11. The van der Waals surface area contributed by atoms with Crippen LogP contribution in [0, 0.1) is 6.92 Å². The number of hydrazone groups is 1. The topological polar surface area (TPSA) is 70.9 Å². The third-order valence-corrected chi connectivity index (χ3v) is 3.96. The quantitative estimate of drug-likeness (QED) is 0.548. The van der Waals surface area contributed by atoms with Gasteiger partial charge in [-0.1, -0.05) is 0 Å². The zero-order valence-electron chi connectivity index (χ0n) is 12.2. The molecule has 0 saturated heterocycles. The third kappa shape index (κ3) is 5.37.